The first kappa shape index (κ1) is 22.6. The first-order valence-electron chi connectivity index (χ1n) is 10.5. The van der Waals surface area contributed by atoms with Crippen LogP contribution in [-0.2, 0) is 22.6 Å². The quantitative estimate of drug-likeness (QED) is 0.618. The Morgan fingerprint density at radius 1 is 1.00 bits per heavy atom. The maximum Gasteiger partial charge on any atom is 0.242 e. The third-order valence-electron chi connectivity index (χ3n) is 5.63. The topological polar surface area (TPSA) is 49.4 Å². The summed E-state index contributed by atoms with van der Waals surface area (Å²) in [6.45, 7) is 2.12. The van der Waals surface area contributed by atoms with Crippen molar-refractivity contribution in [1.29, 1.82) is 0 Å². The van der Waals surface area contributed by atoms with E-state index in [-0.39, 0.29) is 24.3 Å². The Morgan fingerprint density at radius 2 is 1.70 bits per heavy atom. The van der Waals surface area contributed by atoms with Crippen LogP contribution in [0.25, 0.3) is 0 Å². The highest BCUT2D eigenvalue weighted by molar-refractivity contribution is 6.30. The number of hydrogen-bond donors (Lipinski definition) is 1. The minimum atomic E-state index is -0.578. The van der Waals surface area contributed by atoms with Gasteiger partial charge in [0.1, 0.15) is 6.04 Å². The lowest BCUT2D eigenvalue weighted by atomic mass is 9.95. The molecule has 0 unspecified atom stereocenters. The van der Waals surface area contributed by atoms with Crippen molar-refractivity contribution in [3.63, 3.8) is 0 Å². The molecule has 1 fully saturated rings. The van der Waals surface area contributed by atoms with E-state index in [9.17, 15) is 9.59 Å². The van der Waals surface area contributed by atoms with Crippen molar-refractivity contribution >= 4 is 35.0 Å². The first-order chi connectivity index (χ1) is 14.4. The van der Waals surface area contributed by atoms with E-state index in [0.29, 0.717) is 16.6 Å². The molecule has 0 bridgehead atoms. The third-order valence-corrected chi connectivity index (χ3v) is 6.12. The molecule has 1 aliphatic carbocycles. The second-order valence-electron chi connectivity index (χ2n) is 7.97. The molecule has 30 heavy (non-hydrogen) atoms. The Bertz CT molecular complexity index is 864. The fourth-order valence-electron chi connectivity index (χ4n) is 3.86. The van der Waals surface area contributed by atoms with Crippen LogP contribution in [0.1, 0.15) is 50.2 Å². The monoisotopic (exact) mass is 446 g/mol. The van der Waals surface area contributed by atoms with Crippen molar-refractivity contribution < 1.29 is 9.59 Å². The van der Waals surface area contributed by atoms with Crippen LogP contribution < -0.4 is 5.32 Å². The van der Waals surface area contributed by atoms with Gasteiger partial charge in [-0.15, -0.1) is 0 Å². The summed E-state index contributed by atoms with van der Waals surface area (Å²) in [7, 11) is 0. The maximum absolute atomic E-state index is 13.2. The van der Waals surface area contributed by atoms with Crippen molar-refractivity contribution in [1.82, 2.24) is 10.2 Å². The van der Waals surface area contributed by atoms with Crippen LogP contribution in [0.4, 0.5) is 0 Å². The summed E-state index contributed by atoms with van der Waals surface area (Å²) in [6, 6.07) is 14.2. The maximum atomic E-state index is 13.2. The largest absolute Gasteiger partial charge is 0.352 e. The molecule has 4 nitrogen and oxygen atoms in total. The predicted octanol–water partition coefficient (Wildman–Crippen LogP) is 5.40. The number of hydrogen-bond acceptors (Lipinski definition) is 2. The molecule has 1 aliphatic rings. The lowest BCUT2D eigenvalue weighted by Gasteiger charge is -2.31. The van der Waals surface area contributed by atoms with Gasteiger partial charge in [0.2, 0.25) is 11.8 Å². The number of nitrogens with zero attached hydrogens (tertiary/aromatic N) is 1. The van der Waals surface area contributed by atoms with Gasteiger partial charge in [-0.25, -0.2) is 0 Å². The minimum absolute atomic E-state index is 0.103. The standard InChI is InChI=1S/C24H28Cl2N2O2/c1-17(24(30)27-22-8-3-2-4-9-22)28(16-19-6-5-7-21(26)14-19)23(29)15-18-10-12-20(25)13-11-18/h5-7,10-14,17,22H,2-4,8-9,15-16H2,1H3,(H,27,30)/t17-/m1/s1. The highest BCUT2D eigenvalue weighted by Crippen LogP contribution is 2.20. The van der Waals surface area contributed by atoms with Gasteiger partial charge in [0.25, 0.3) is 0 Å². The number of halogens is 2. The van der Waals surface area contributed by atoms with Gasteiger partial charge < -0.3 is 10.2 Å². The van der Waals surface area contributed by atoms with Crippen molar-refractivity contribution in [3.05, 3.63) is 69.7 Å². The van der Waals surface area contributed by atoms with E-state index < -0.39 is 6.04 Å². The molecule has 2 aromatic carbocycles. The zero-order chi connectivity index (χ0) is 21.5. The highest BCUT2D eigenvalue weighted by Gasteiger charge is 2.28. The molecule has 1 saturated carbocycles. The van der Waals surface area contributed by atoms with Crippen LogP contribution in [-0.4, -0.2) is 28.8 Å². The van der Waals surface area contributed by atoms with Gasteiger partial charge in [-0.2, -0.15) is 0 Å². The van der Waals surface area contributed by atoms with Crippen LogP contribution in [0.5, 0.6) is 0 Å². The Balaban J connectivity index is 1.75. The van der Waals surface area contributed by atoms with E-state index in [1.807, 2.05) is 30.3 Å². The van der Waals surface area contributed by atoms with E-state index in [1.54, 1.807) is 30.0 Å². The summed E-state index contributed by atoms with van der Waals surface area (Å²) >= 11 is 12.1. The number of carbonyl (C=O) groups excluding carboxylic acids is 2. The summed E-state index contributed by atoms with van der Waals surface area (Å²) in [5.74, 6) is -0.211. The van der Waals surface area contributed by atoms with E-state index in [2.05, 4.69) is 5.32 Å². The van der Waals surface area contributed by atoms with Crippen LogP contribution in [0.15, 0.2) is 48.5 Å². The average molecular weight is 447 g/mol. The summed E-state index contributed by atoms with van der Waals surface area (Å²) in [4.78, 5) is 27.8. The Kier molecular flexibility index (Phi) is 8.17. The first-order valence-corrected chi connectivity index (χ1v) is 11.3. The Morgan fingerprint density at radius 3 is 2.37 bits per heavy atom. The van der Waals surface area contributed by atoms with Gasteiger partial charge in [0.15, 0.2) is 0 Å². The molecular formula is C24H28Cl2N2O2. The summed E-state index contributed by atoms with van der Waals surface area (Å²) in [6.07, 6.45) is 5.72. The molecule has 0 aliphatic heterocycles. The summed E-state index contributed by atoms with van der Waals surface area (Å²) in [5, 5.41) is 4.38. The van der Waals surface area contributed by atoms with Crippen molar-refractivity contribution in [2.24, 2.45) is 0 Å². The second-order valence-corrected chi connectivity index (χ2v) is 8.85. The van der Waals surface area contributed by atoms with Gasteiger partial charge in [0.05, 0.1) is 6.42 Å². The van der Waals surface area contributed by atoms with Gasteiger partial charge in [-0.3, -0.25) is 9.59 Å². The normalized spacial score (nSPS) is 15.4. The molecule has 0 saturated heterocycles. The highest BCUT2D eigenvalue weighted by atomic mass is 35.5. The van der Waals surface area contributed by atoms with E-state index >= 15 is 0 Å². The molecule has 2 amide bonds. The van der Waals surface area contributed by atoms with E-state index in [4.69, 9.17) is 23.2 Å². The van der Waals surface area contributed by atoms with Crippen molar-refractivity contribution in [2.75, 3.05) is 0 Å². The number of amides is 2. The predicted molar refractivity (Wildman–Crippen MR) is 122 cm³/mol. The lowest BCUT2D eigenvalue weighted by molar-refractivity contribution is -0.140. The average Bonchev–Trinajstić information content (AvgIpc) is 2.74. The number of carbonyl (C=O) groups is 2. The fourth-order valence-corrected chi connectivity index (χ4v) is 4.20. The molecule has 160 valence electrons. The minimum Gasteiger partial charge on any atom is -0.352 e. The number of nitrogens with one attached hydrogen (secondary N) is 1. The molecule has 1 atom stereocenters. The van der Waals surface area contributed by atoms with Crippen LogP contribution in [0.3, 0.4) is 0 Å². The molecular weight excluding hydrogens is 419 g/mol. The fraction of sp³-hybridized carbons (Fsp3) is 0.417. The van der Waals surface area contributed by atoms with E-state index in [0.717, 1.165) is 36.8 Å². The van der Waals surface area contributed by atoms with Gasteiger partial charge in [-0.1, -0.05) is 66.7 Å². The zero-order valence-corrected chi connectivity index (χ0v) is 18.8. The lowest BCUT2D eigenvalue weighted by Crippen LogP contribution is -2.50. The molecule has 0 spiro atoms. The molecule has 0 radical (unpaired) electrons. The summed E-state index contributed by atoms with van der Waals surface area (Å²) < 4.78 is 0. The van der Waals surface area contributed by atoms with E-state index in [1.165, 1.54) is 6.42 Å². The Labute approximate surface area is 188 Å². The number of rotatable bonds is 7. The van der Waals surface area contributed by atoms with Gasteiger partial charge in [-0.05, 0) is 55.2 Å². The zero-order valence-electron chi connectivity index (χ0n) is 17.2. The van der Waals surface area contributed by atoms with Crippen LogP contribution in [0.2, 0.25) is 10.0 Å². The molecule has 3 rings (SSSR count). The smallest absolute Gasteiger partial charge is 0.242 e. The second kappa shape index (κ2) is 10.8. The third kappa shape index (κ3) is 6.48. The molecule has 2 aromatic rings. The van der Waals surface area contributed by atoms with Crippen molar-refractivity contribution in [3.8, 4) is 0 Å². The summed E-state index contributed by atoms with van der Waals surface area (Å²) in [5.41, 5.74) is 1.75. The molecule has 6 heteroatoms. The molecule has 0 aromatic heterocycles. The van der Waals surface area contributed by atoms with Crippen LogP contribution >= 0.6 is 23.2 Å². The molecule has 1 N–H and O–H groups in total. The van der Waals surface area contributed by atoms with Gasteiger partial charge >= 0.3 is 0 Å². The van der Waals surface area contributed by atoms with Crippen LogP contribution in [0, 0.1) is 0 Å². The molecule has 0 heterocycles. The number of benzene rings is 2. The SMILES string of the molecule is C[C@H](C(=O)NC1CCCCC1)N(Cc1cccc(Cl)c1)C(=O)Cc1ccc(Cl)cc1. The Hall–Kier alpha value is -2.04. The van der Waals surface area contributed by atoms with Gasteiger partial charge in [0, 0.05) is 22.6 Å². The van der Waals surface area contributed by atoms with Crippen molar-refractivity contribution in [2.45, 2.75) is 64.1 Å².